The molecular formula is C18H25NO3. The minimum absolute atomic E-state index is 0.131. The second kappa shape index (κ2) is 6.29. The Balaban J connectivity index is 1.90. The summed E-state index contributed by atoms with van der Waals surface area (Å²) in [5.74, 6) is 1.43. The van der Waals surface area contributed by atoms with Gasteiger partial charge >= 0.3 is 0 Å². The maximum atomic E-state index is 12.8. The monoisotopic (exact) mass is 303 g/mol. The van der Waals surface area contributed by atoms with Gasteiger partial charge < -0.3 is 14.4 Å². The molecule has 0 aromatic heterocycles. The number of hydrogen-bond acceptors (Lipinski definition) is 3. The summed E-state index contributed by atoms with van der Waals surface area (Å²) in [4.78, 5) is 14.9. The normalized spacial score (nSPS) is 24.5. The van der Waals surface area contributed by atoms with Gasteiger partial charge in [-0.2, -0.15) is 0 Å². The third-order valence-corrected chi connectivity index (χ3v) is 4.75. The summed E-state index contributed by atoms with van der Waals surface area (Å²) >= 11 is 0. The van der Waals surface area contributed by atoms with Gasteiger partial charge in [0, 0.05) is 13.2 Å². The van der Waals surface area contributed by atoms with Gasteiger partial charge in [-0.05, 0) is 48.4 Å². The van der Waals surface area contributed by atoms with Crippen LogP contribution in [0, 0.1) is 5.92 Å². The molecule has 1 amide bonds. The van der Waals surface area contributed by atoms with Crippen molar-refractivity contribution in [1.29, 1.82) is 0 Å². The molecule has 4 nitrogen and oxygen atoms in total. The Kier molecular flexibility index (Phi) is 4.39. The zero-order valence-electron chi connectivity index (χ0n) is 13.7. The largest absolute Gasteiger partial charge is 0.497 e. The Morgan fingerprint density at radius 2 is 2.23 bits per heavy atom. The van der Waals surface area contributed by atoms with Crippen LogP contribution in [-0.4, -0.2) is 37.2 Å². The highest BCUT2D eigenvalue weighted by Gasteiger charge is 2.37. The molecule has 2 aliphatic heterocycles. The molecule has 2 aliphatic rings. The molecule has 1 aromatic carbocycles. The average molecular weight is 303 g/mol. The van der Waals surface area contributed by atoms with Crippen molar-refractivity contribution in [2.45, 2.75) is 45.3 Å². The van der Waals surface area contributed by atoms with Gasteiger partial charge in [-0.25, -0.2) is 0 Å². The maximum absolute atomic E-state index is 12.8. The van der Waals surface area contributed by atoms with Crippen molar-refractivity contribution in [2.75, 3.05) is 20.3 Å². The van der Waals surface area contributed by atoms with Crippen LogP contribution in [0.4, 0.5) is 0 Å². The molecule has 4 heteroatoms. The van der Waals surface area contributed by atoms with E-state index in [-0.39, 0.29) is 18.1 Å². The van der Waals surface area contributed by atoms with Crippen molar-refractivity contribution >= 4 is 5.91 Å². The fourth-order valence-electron chi connectivity index (χ4n) is 3.69. The van der Waals surface area contributed by atoms with E-state index in [9.17, 15) is 4.79 Å². The second-order valence-corrected chi connectivity index (χ2v) is 6.54. The topological polar surface area (TPSA) is 38.8 Å². The Hall–Kier alpha value is -1.55. The number of nitrogens with zero attached hydrogens (tertiary/aromatic N) is 1. The molecule has 0 saturated carbocycles. The SMILES string of the molecule is COc1ccc2c(c1)CCN(C(=O)C1CCCO1)C2C(C)C. The number of hydrogen-bond donors (Lipinski definition) is 0. The summed E-state index contributed by atoms with van der Waals surface area (Å²) in [6.45, 7) is 5.84. The van der Waals surface area contributed by atoms with Crippen molar-refractivity contribution in [3.05, 3.63) is 29.3 Å². The van der Waals surface area contributed by atoms with Gasteiger partial charge in [-0.15, -0.1) is 0 Å². The van der Waals surface area contributed by atoms with E-state index in [0.717, 1.165) is 31.6 Å². The fraction of sp³-hybridized carbons (Fsp3) is 0.611. The molecule has 0 radical (unpaired) electrons. The van der Waals surface area contributed by atoms with Crippen molar-refractivity contribution in [3.8, 4) is 5.75 Å². The molecule has 2 unspecified atom stereocenters. The lowest BCUT2D eigenvalue weighted by atomic mass is 9.85. The number of carbonyl (C=O) groups is 1. The van der Waals surface area contributed by atoms with Gasteiger partial charge in [0.2, 0.25) is 0 Å². The molecule has 0 spiro atoms. The van der Waals surface area contributed by atoms with Gasteiger partial charge in [0.25, 0.3) is 5.91 Å². The van der Waals surface area contributed by atoms with Crippen LogP contribution >= 0.6 is 0 Å². The van der Waals surface area contributed by atoms with Crippen LogP contribution in [0.3, 0.4) is 0 Å². The third-order valence-electron chi connectivity index (χ3n) is 4.75. The highest BCUT2D eigenvalue weighted by molar-refractivity contribution is 5.82. The molecule has 0 aliphatic carbocycles. The van der Waals surface area contributed by atoms with Gasteiger partial charge in [0.05, 0.1) is 13.2 Å². The number of fused-ring (bicyclic) bond motifs is 1. The average Bonchev–Trinajstić information content (AvgIpc) is 3.06. The summed E-state index contributed by atoms with van der Waals surface area (Å²) in [5.41, 5.74) is 2.56. The van der Waals surface area contributed by atoms with Crippen LogP contribution in [-0.2, 0) is 16.0 Å². The first-order valence-corrected chi connectivity index (χ1v) is 8.20. The summed E-state index contributed by atoms with van der Waals surface area (Å²) < 4.78 is 10.9. The predicted molar refractivity (Wildman–Crippen MR) is 85.0 cm³/mol. The van der Waals surface area contributed by atoms with Crippen molar-refractivity contribution in [2.24, 2.45) is 5.92 Å². The Morgan fingerprint density at radius 1 is 1.41 bits per heavy atom. The summed E-state index contributed by atoms with van der Waals surface area (Å²) in [6.07, 6.45) is 2.50. The second-order valence-electron chi connectivity index (χ2n) is 6.54. The third kappa shape index (κ3) is 2.72. The molecule has 1 fully saturated rings. The maximum Gasteiger partial charge on any atom is 0.252 e. The van der Waals surface area contributed by atoms with E-state index >= 15 is 0 Å². The number of benzene rings is 1. The zero-order chi connectivity index (χ0) is 15.7. The van der Waals surface area contributed by atoms with Gasteiger partial charge in [-0.1, -0.05) is 19.9 Å². The number of ether oxygens (including phenoxy) is 2. The van der Waals surface area contributed by atoms with E-state index in [4.69, 9.17) is 9.47 Å². The summed E-state index contributed by atoms with van der Waals surface area (Å²) in [7, 11) is 1.69. The van der Waals surface area contributed by atoms with Crippen molar-refractivity contribution in [3.63, 3.8) is 0 Å². The molecule has 120 valence electrons. The van der Waals surface area contributed by atoms with Crippen molar-refractivity contribution < 1.29 is 14.3 Å². The smallest absolute Gasteiger partial charge is 0.252 e. The number of methoxy groups -OCH3 is 1. The Bertz CT molecular complexity index is 549. The molecule has 0 N–H and O–H groups in total. The van der Waals surface area contributed by atoms with E-state index in [1.165, 1.54) is 11.1 Å². The molecule has 3 rings (SSSR count). The minimum atomic E-state index is -0.235. The molecule has 2 heterocycles. The lowest BCUT2D eigenvalue weighted by Crippen LogP contribution is -2.46. The van der Waals surface area contributed by atoms with Crippen LogP contribution in [0.5, 0.6) is 5.75 Å². The molecule has 0 bridgehead atoms. The fourth-order valence-corrected chi connectivity index (χ4v) is 3.69. The predicted octanol–water partition coefficient (Wildman–Crippen LogP) is 2.96. The molecular weight excluding hydrogens is 278 g/mol. The first-order valence-electron chi connectivity index (χ1n) is 8.20. The van der Waals surface area contributed by atoms with Crippen LogP contribution in [0.15, 0.2) is 18.2 Å². The summed E-state index contributed by atoms with van der Waals surface area (Å²) in [6, 6.07) is 6.35. The van der Waals surface area contributed by atoms with Gasteiger partial charge in [0.15, 0.2) is 0 Å². The van der Waals surface area contributed by atoms with Crippen molar-refractivity contribution in [1.82, 2.24) is 4.90 Å². The molecule has 2 atom stereocenters. The first-order chi connectivity index (χ1) is 10.6. The standard InChI is InChI=1S/C18H25NO3/c1-12(2)17-15-7-6-14(21-3)11-13(15)8-9-19(17)18(20)16-5-4-10-22-16/h6-7,11-12,16-17H,4-5,8-10H2,1-3H3. The van der Waals surface area contributed by atoms with Gasteiger partial charge in [0.1, 0.15) is 11.9 Å². The van der Waals surface area contributed by atoms with E-state index in [0.29, 0.717) is 12.5 Å². The minimum Gasteiger partial charge on any atom is -0.497 e. The highest BCUT2D eigenvalue weighted by atomic mass is 16.5. The van der Waals surface area contributed by atoms with E-state index in [1.807, 2.05) is 11.0 Å². The number of amides is 1. The van der Waals surface area contributed by atoms with Crippen LogP contribution in [0.1, 0.15) is 43.9 Å². The van der Waals surface area contributed by atoms with Crippen LogP contribution < -0.4 is 4.74 Å². The zero-order valence-corrected chi connectivity index (χ0v) is 13.7. The van der Waals surface area contributed by atoms with E-state index in [2.05, 4.69) is 26.0 Å². The molecule has 1 aromatic rings. The lowest BCUT2D eigenvalue weighted by Gasteiger charge is -2.40. The Labute approximate surface area is 132 Å². The van der Waals surface area contributed by atoms with Gasteiger partial charge in [-0.3, -0.25) is 4.79 Å². The summed E-state index contributed by atoms with van der Waals surface area (Å²) in [5, 5.41) is 0. The highest BCUT2D eigenvalue weighted by Crippen LogP contribution is 2.37. The Morgan fingerprint density at radius 3 is 2.86 bits per heavy atom. The molecule has 22 heavy (non-hydrogen) atoms. The van der Waals surface area contributed by atoms with Crippen LogP contribution in [0.25, 0.3) is 0 Å². The van der Waals surface area contributed by atoms with E-state index in [1.54, 1.807) is 7.11 Å². The van der Waals surface area contributed by atoms with E-state index < -0.39 is 0 Å². The first kappa shape index (κ1) is 15.3. The quantitative estimate of drug-likeness (QED) is 0.862. The molecule has 1 saturated heterocycles. The van der Waals surface area contributed by atoms with Crippen LogP contribution in [0.2, 0.25) is 0 Å². The number of rotatable bonds is 3. The number of carbonyl (C=O) groups excluding carboxylic acids is 1. The lowest BCUT2D eigenvalue weighted by molar-refractivity contribution is -0.145.